The predicted molar refractivity (Wildman–Crippen MR) is 134 cm³/mol. The highest BCUT2D eigenvalue weighted by Gasteiger charge is 2.28. The summed E-state index contributed by atoms with van der Waals surface area (Å²) < 4.78 is 48.1. The molecule has 13 heteroatoms. The van der Waals surface area contributed by atoms with Gasteiger partial charge in [-0.3, -0.25) is 9.20 Å². The van der Waals surface area contributed by atoms with E-state index in [9.17, 15) is 18.0 Å². The van der Waals surface area contributed by atoms with Crippen molar-refractivity contribution in [1.29, 1.82) is 0 Å². The fourth-order valence-electron chi connectivity index (χ4n) is 3.85. The van der Waals surface area contributed by atoms with E-state index in [1.54, 1.807) is 33.9 Å². The van der Waals surface area contributed by atoms with Gasteiger partial charge in [-0.15, -0.1) is 11.3 Å². The monoisotopic (exact) mass is 542 g/mol. The number of nitrogens with one attached hydrogen (secondary N) is 1. The summed E-state index contributed by atoms with van der Waals surface area (Å²) in [5.41, 5.74) is 4.61. The Kier molecular flexibility index (Phi) is 6.71. The second kappa shape index (κ2) is 9.99. The summed E-state index contributed by atoms with van der Waals surface area (Å²) in [7, 11) is 0. The highest BCUT2D eigenvalue weighted by atomic mass is 32.1. The normalized spacial score (nSPS) is 11.8. The van der Waals surface area contributed by atoms with E-state index in [1.165, 1.54) is 6.20 Å². The van der Waals surface area contributed by atoms with E-state index in [4.69, 9.17) is 4.52 Å². The number of anilines is 1. The summed E-state index contributed by atoms with van der Waals surface area (Å²) in [5.74, 6) is -0.314. The molecule has 0 saturated heterocycles. The fraction of sp³-hybridized carbons (Fsp3) is 0.240. The molecule has 0 aliphatic carbocycles. The molecular weight excluding hydrogens is 521 g/mol. The number of benzene rings is 1. The average molecular weight is 543 g/mol. The van der Waals surface area contributed by atoms with Crippen molar-refractivity contribution in [3.63, 3.8) is 0 Å². The highest BCUT2D eigenvalue weighted by Crippen LogP contribution is 2.30. The van der Waals surface area contributed by atoms with E-state index in [0.717, 1.165) is 26.7 Å². The smallest absolute Gasteiger partial charge is 0.362 e. The number of fused-ring (bicyclic) bond motifs is 1. The standard InChI is InChI=1S/C25H21F3N6O3S/c1-13-4-5-16(23-32-21(37-33-23)11-36-12-25(26,27)28)8-18(13)31-24(35)19-9-29-20-7-6-17(10-34(19)20)22-14(2)30-15(3)38-22/h4-10H,11-12H2,1-3H3,(H,31,35). The number of aryl methyl sites for hydroxylation is 3. The van der Waals surface area contributed by atoms with Crippen molar-refractivity contribution < 1.29 is 27.2 Å². The van der Waals surface area contributed by atoms with Gasteiger partial charge in [0, 0.05) is 23.0 Å². The Morgan fingerprint density at radius 1 is 1.13 bits per heavy atom. The molecule has 9 nitrogen and oxygen atoms in total. The van der Waals surface area contributed by atoms with Gasteiger partial charge >= 0.3 is 6.18 Å². The van der Waals surface area contributed by atoms with E-state index < -0.39 is 19.4 Å². The number of amides is 1. The largest absolute Gasteiger partial charge is 0.411 e. The quantitative estimate of drug-likeness (QED) is 0.278. The maximum absolute atomic E-state index is 13.3. The van der Waals surface area contributed by atoms with E-state index in [1.807, 2.05) is 39.1 Å². The Labute approximate surface area is 218 Å². The maximum atomic E-state index is 13.3. The summed E-state index contributed by atoms with van der Waals surface area (Å²) in [6.07, 6.45) is -1.08. The van der Waals surface area contributed by atoms with Crippen molar-refractivity contribution in [1.82, 2.24) is 24.5 Å². The summed E-state index contributed by atoms with van der Waals surface area (Å²) in [6, 6.07) is 8.94. The lowest BCUT2D eigenvalue weighted by Crippen LogP contribution is -2.16. The molecule has 4 aromatic heterocycles. The van der Waals surface area contributed by atoms with Crippen molar-refractivity contribution in [2.24, 2.45) is 0 Å². The SMILES string of the molecule is Cc1nc(C)c(-c2ccc3ncc(C(=O)Nc4cc(-c5noc(COCC(F)(F)F)n5)ccc4C)n3c2)s1. The molecule has 0 saturated carbocycles. The molecule has 0 aliphatic heterocycles. The van der Waals surface area contributed by atoms with Crippen molar-refractivity contribution in [2.45, 2.75) is 33.6 Å². The van der Waals surface area contributed by atoms with Gasteiger partial charge in [0.05, 0.1) is 21.8 Å². The molecule has 1 amide bonds. The van der Waals surface area contributed by atoms with Gasteiger partial charge in [0.25, 0.3) is 11.8 Å². The van der Waals surface area contributed by atoms with Crippen LogP contribution in [0.2, 0.25) is 0 Å². The predicted octanol–water partition coefficient (Wildman–Crippen LogP) is 5.76. The molecule has 4 heterocycles. The van der Waals surface area contributed by atoms with Crippen LogP contribution in [-0.4, -0.2) is 43.2 Å². The van der Waals surface area contributed by atoms with Gasteiger partial charge in [-0.25, -0.2) is 9.97 Å². The third kappa shape index (κ3) is 5.43. The fourth-order valence-corrected chi connectivity index (χ4v) is 4.76. The first-order valence-electron chi connectivity index (χ1n) is 11.4. The van der Waals surface area contributed by atoms with Crippen molar-refractivity contribution in [3.8, 4) is 21.8 Å². The number of hydrogen-bond donors (Lipinski definition) is 1. The van der Waals surface area contributed by atoms with Gasteiger partial charge in [-0.2, -0.15) is 18.2 Å². The van der Waals surface area contributed by atoms with Crippen molar-refractivity contribution in [2.75, 3.05) is 11.9 Å². The number of nitrogens with zero attached hydrogens (tertiary/aromatic N) is 5. The zero-order chi connectivity index (χ0) is 27.0. The van der Waals surface area contributed by atoms with E-state index in [2.05, 4.69) is 30.2 Å². The Balaban J connectivity index is 1.36. The van der Waals surface area contributed by atoms with Gasteiger partial charge in [0.1, 0.15) is 24.6 Å². The van der Waals surface area contributed by atoms with Crippen LogP contribution in [0.5, 0.6) is 0 Å². The summed E-state index contributed by atoms with van der Waals surface area (Å²) in [6.45, 7) is 3.83. The molecule has 0 atom stereocenters. The minimum atomic E-state index is -4.45. The molecule has 196 valence electrons. The number of carbonyl (C=O) groups excluding carboxylic acids is 1. The number of rotatable bonds is 7. The molecule has 0 bridgehead atoms. The zero-order valence-corrected chi connectivity index (χ0v) is 21.3. The lowest BCUT2D eigenvalue weighted by atomic mass is 10.1. The molecule has 5 rings (SSSR count). The second-order valence-corrected chi connectivity index (χ2v) is 9.74. The molecule has 0 fully saturated rings. The number of carbonyl (C=O) groups is 1. The van der Waals surface area contributed by atoms with Gasteiger partial charge in [-0.1, -0.05) is 17.3 Å². The number of halogens is 3. The lowest BCUT2D eigenvalue weighted by molar-refractivity contribution is -0.178. The van der Waals surface area contributed by atoms with Crippen LogP contribution >= 0.6 is 11.3 Å². The Hall–Kier alpha value is -4.10. The maximum Gasteiger partial charge on any atom is 0.411 e. The van der Waals surface area contributed by atoms with Crippen molar-refractivity contribution in [3.05, 3.63) is 70.6 Å². The minimum Gasteiger partial charge on any atom is -0.362 e. The van der Waals surface area contributed by atoms with E-state index in [0.29, 0.717) is 22.6 Å². The first-order chi connectivity index (χ1) is 18.1. The van der Waals surface area contributed by atoms with Crippen molar-refractivity contribution >= 4 is 28.6 Å². The Bertz CT molecular complexity index is 1640. The summed E-state index contributed by atoms with van der Waals surface area (Å²) in [5, 5.41) is 7.67. The molecule has 1 aromatic carbocycles. The molecule has 0 aliphatic rings. The third-order valence-electron chi connectivity index (χ3n) is 5.61. The van der Waals surface area contributed by atoms with Crippen LogP contribution in [0.1, 0.15) is 32.6 Å². The third-order valence-corrected chi connectivity index (χ3v) is 6.73. The van der Waals surface area contributed by atoms with Gasteiger partial charge in [-0.05, 0) is 44.5 Å². The molecular formula is C25H21F3N6O3S. The average Bonchev–Trinajstić information content (AvgIpc) is 3.57. The lowest BCUT2D eigenvalue weighted by Gasteiger charge is -2.10. The topological polar surface area (TPSA) is 107 Å². The second-order valence-electron chi connectivity index (χ2n) is 8.54. The van der Waals surface area contributed by atoms with Crippen LogP contribution in [0, 0.1) is 20.8 Å². The summed E-state index contributed by atoms with van der Waals surface area (Å²) in [4.78, 5) is 27.2. The number of aromatic nitrogens is 5. The molecule has 5 aromatic rings. The van der Waals surface area contributed by atoms with Crippen LogP contribution in [-0.2, 0) is 11.3 Å². The number of pyridine rings is 1. The zero-order valence-electron chi connectivity index (χ0n) is 20.5. The molecule has 0 unspecified atom stereocenters. The number of hydrogen-bond acceptors (Lipinski definition) is 8. The van der Waals surface area contributed by atoms with Crippen LogP contribution < -0.4 is 5.32 Å². The van der Waals surface area contributed by atoms with Crippen LogP contribution in [0.15, 0.2) is 47.2 Å². The Morgan fingerprint density at radius 3 is 2.66 bits per heavy atom. The molecule has 0 radical (unpaired) electrons. The Morgan fingerprint density at radius 2 is 1.92 bits per heavy atom. The number of ether oxygens (including phenoxy) is 1. The first-order valence-corrected chi connectivity index (χ1v) is 12.2. The van der Waals surface area contributed by atoms with Crippen LogP contribution in [0.25, 0.3) is 27.5 Å². The van der Waals surface area contributed by atoms with Gasteiger partial charge in [0.2, 0.25) is 5.82 Å². The molecule has 0 spiro atoms. The van der Waals surface area contributed by atoms with Crippen LogP contribution in [0.4, 0.5) is 18.9 Å². The number of thiazole rings is 1. The summed E-state index contributed by atoms with van der Waals surface area (Å²) >= 11 is 1.58. The van der Waals surface area contributed by atoms with Crippen LogP contribution in [0.3, 0.4) is 0 Å². The van der Waals surface area contributed by atoms with Gasteiger partial charge in [0.15, 0.2) is 0 Å². The molecule has 38 heavy (non-hydrogen) atoms. The number of imidazole rings is 1. The van der Waals surface area contributed by atoms with E-state index >= 15 is 0 Å². The van der Waals surface area contributed by atoms with Gasteiger partial charge < -0.3 is 14.6 Å². The first kappa shape index (κ1) is 25.5. The molecule has 1 N–H and O–H groups in total. The number of alkyl halides is 3. The highest BCUT2D eigenvalue weighted by molar-refractivity contribution is 7.15. The minimum absolute atomic E-state index is 0.0942. The van der Waals surface area contributed by atoms with E-state index in [-0.39, 0.29) is 17.6 Å².